The lowest BCUT2D eigenvalue weighted by molar-refractivity contribution is 1.03. The van der Waals surface area contributed by atoms with Crippen LogP contribution >= 0.6 is 0 Å². The van der Waals surface area contributed by atoms with Gasteiger partial charge in [0.15, 0.2) is 11.6 Å². The molecule has 2 heterocycles. The standard InChI is InChI=1S/C9H13N5/c1-6-12-8-7(14(6)4)9(13(2)3)11-5-10-8/h5H,1H2,2-4H3,(H,10,11,12). The van der Waals surface area contributed by atoms with Crippen molar-refractivity contribution in [2.24, 2.45) is 0 Å². The zero-order chi connectivity index (χ0) is 10.3. The van der Waals surface area contributed by atoms with E-state index < -0.39 is 0 Å². The quantitative estimate of drug-likeness (QED) is 0.713. The number of fused-ring (bicyclic) bond motifs is 1. The molecule has 0 unspecified atom stereocenters. The second kappa shape index (κ2) is 2.87. The summed E-state index contributed by atoms with van der Waals surface area (Å²) in [6, 6.07) is 0. The average molecular weight is 191 g/mol. The molecule has 5 nitrogen and oxygen atoms in total. The summed E-state index contributed by atoms with van der Waals surface area (Å²) in [5.74, 6) is 2.53. The van der Waals surface area contributed by atoms with E-state index >= 15 is 0 Å². The largest absolute Gasteiger partial charge is 0.361 e. The molecule has 1 N–H and O–H groups in total. The van der Waals surface area contributed by atoms with Crippen LogP contribution in [0.15, 0.2) is 18.7 Å². The number of rotatable bonds is 1. The molecule has 0 bridgehead atoms. The maximum absolute atomic E-state index is 4.23. The number of hydrogen-bond acceptors (Lipinski definition) is 5. The monoisotopic (exact) mass is 191 g/mol. The van der Waals surface area contributed by atoms with E-state index in [1.54, 1.807) is 6.33 Å². The van der Waals surface area contributed by atoms with Crippen molar-refractivity contribution in [3.05, 3.63) is 18.7 Å². The van der Waals surface area contributed by atoms with Crippen LogP contribution in [0.25, 0.3) is 0 Å². The minimum absolute atomic E-state index is 0.816. The molecule has 1 aromatic heterocycles. The molecule has 74 valence electrons. The van der Waals surface area contributed by atoms with Gasteiger partial charge in [0.2, 0.25) is 0 Å². The van der Waals surface area contributed by atoms with Gasteiger partial charge in [0.1, 0.15) is 17.8 Å². The molecule has 14 heavy (non-hydrogen) atoms. The maximum atomic E-state index is 4.23. The fourth-order valence-electron chi connectivity index (χ4n) is 1.45. The van der Waals surface area contributed by atoms with Gasteiger partial charge in [0, 0.05) is 21.1 Å². The Balaban J connectivity index is 2.58. The Morgan fingerprint density at radius 3 is 2.79 bits per heavy atom. The molecule has 0 saturated heterocycles. The summed E-state index contributed by atoms with van der Waals surface area (Å²) < 4.78 is 0. The van der Waals surface area contributed by atoms with Gasteiger partial charge in [-0.25, -0.2) is 9.97 Å². The molecule has 0 saturated carbocycles. The Morgan fingerprint density at radius 2 is 2.14 bits per heavy atom. The van der Waals surface area contributed by atoms with E-state index in [9.17, 15) is 0 Å². The third kappa shape index (κ3) is 1.09. The van der Waals surface area contributed by atoms with Crippen molar-refractivity contribution in [2.45, 2.75) is 0 Å². The van der Waals surface area contributed by atoms with Crippen molar-refractivity contribution in [2.75, 3.05) is 36.3 Å². The Bertz CT molecular complexity index is 385. The molecule has 0 radical (unpaired) electrons. The lowest BCUT2D eigenvalue weighted by Crippen LogP contribution is -2.18. The van der Waals surface area contributed by atoms with Gasteiger partial charge in [-0.2, -0.15) is 0 Å². The average Bonchev–Trinajstić information content (AvgIpc) is 2.43. The Kier molecular flexibility index (Phi) is 1.80. The van der Waals surface area contributed by atoms with Crippen LogP contribution in [-0.4, -0.2) is 31.1 Å². The molecule has 2 rings (SSSR count). The summed E-state index contributed by atoms with van der Waals surface area (Å²) in [6.07, 6.45) is 1.55. The van der Waals surface area contributed by atoms with Gasteiger partial charge in [-0.1, -0.05) is 6.58 Å². The molecule has 0 spiro atoms. The third-order valence-corrected chi connectivity index (χ3v) is 2.23. The molecule has 1 aliphatic heterocycles. The van der Waals surface area contributed by atoms with E-state index in [0.29, 0.717) is 0 Å². The summed E-state index contributed by atoms with van der Waals surface area (Å²) >= 11 is 0. The number of anilines is 3. The van der Waals surface area contributed by atoms with Crippen LogP contribution in [0.1, 0.15) is 0 Å². The van der Waals surface area contributed by atoms with E-state index in [0.717, 1.165) is 23.1 Å². The van der Waals surface area contributed by atoms with Gasteiger partial charge in [0.05, 0.1) is 0 Å². The smallest absolute Gasteiger partial charge is 0.161 e. The second-order valence-electron chi connectivity index (χ2n) is 3.42. The van der Waals surface area contributed by atoms with Crippen LogP contribution in [0.5, 0.6) is 0 Å². The SMILES string of the molecule is C=C1Nc2ncnc(N(C)C)c2N1C. The molecular formula is C9H13N5. The minimum atomic E-state index is 0.816. The van der Waals surface area contributed by atoms with Crippen molar-refractivity contribution < 1.29 is 0 Å². The zero-order valence-corrected chi connectivity index (χ0v) is 8.57. The van der Waals surface area contributed by atoms with Gasteiger partial charge < -0.3 is 15.1 Å². The van der Waals surface area contributed by atoms with Gasteiger partial charge in [-0.05, 0) is 0 Å². The third-order valence-electron chi connectivity index (χ3n) is 2.23. The van der Waals surface area contributed by atoms with E-state index in [1.807, 2.05) is 30.9 Å². The number of hydrogen-bond donors (Lipinski definition) is 1. The van der Waals surface area contributed by atoms with Crippen molar-refractivity contribution in [3.63, 3.8) is 0 Å². The molecule has 0 aromatic carbocycles. The molecule has 0 atom stereocenters. The highest BCUT2D eigenvalue weighted by Gasteiger charge is 2.25. The van der Waals surface area contributed by atoms with Gasteiger partial charge >= 0.3 is 0 Å². The number of nitrogens with one attached hydrogen (secondary N) is 1. The van der Waals surface area contributed by atoms with Crippen LogP contribution in [0.3, 0.4) is 0 Å². The Morgan fingerprint density at radius 1 is 1.43 bits per heavy atom. The zero-order valence-electron chi connectivity index (χ0n) is 8.57. The predicted octanol–water partition coefficient (Wildman–Crippen LogP) is 0.875. The van der Waals surface area contributed by atoms with Crippen LogP contribution in [-0.2, 0) is 0 Å². The van der Waals surface area contributed by atoms with Crippen molar-refractivity contribution in [1.82, 2.24) is 9.97 Å². The Hall–Kier alpha value is -1.78. The van der Waals surface area contributed by atoms with Gasteiger partial charge in [-0.15, -0.1) is 0 Å². The highest BCUT2D eigenvalue weighted by atomic mass is 15.3. The maximum Gasteiger partial charge on any atom is 0.161 e. The van der Waals surface area contributed by atoms with Crippen LogP contribution in [0, 0.1) is 0 Å². The molecule has 1 aliphatic rings. The fraction of sp³-hybridized carbons (Fsp3) is 0.333. The normalized spacial score (nSPS) is 13.9. The second-order valence-corrected chi connectivity index (χ2v) is 3.42. The van der Waals surface area contributed by atoms with Crippen LogP contribution in [0.4, 0.5) is 17.3 Å². The summed E-state index contributed by atoms with van der Waals surface area (Å²) in [5.41, 5.74) is 0.975. The van der Waals surface area contributed by atoms with E-state index in [-0.39, 0.29) is 0 Å². The minimum Gasteiger partial charge on any atom is -0.361 e. The molecule has 1 aromatic rings. The number of aromatic nitrogens is 2. The molecule has 0 aliphatic carbocycles. The number of nitrogens with zero attached hydrogens (tertiary/aromatic N) is 4. The van der Waals surface area contributed by atoms with Crippen LogP contribution < -0.4 is 15.1 Å². The van der Waals surface area contributed by atoms with Gasteiger partial charge in [-0.3, -0.25) is 0 Å². The van der Waals surface area contributed by atoms with Crippen molar-refractivity contribution >= 4 is 17.3 Å². The highest BCUT2D eigenvalue weighted by molar-refractivity contribution is 5.85. The highest BCUT2D eigenvalue weighted by Crippen LogP contribution is 2.38. The fourth-order valence-corrected chi connectivity index (χ4v) is 1.45. The summed E-state index contributed by atoms with van der Waals surface area (Å²) in [6.45, 7) is 3.88. The summed E-state index contributed by atoms with van der Waals surface area (Å²) in [5, 5.41) is 3.10. The summed E-state index contributed by atoms with van der Waals surface area (Å²) in [4.78, 5) is 12.3. The topological polar surface area (TPSA) is 44.3 Å². The molecular weight excluding hydrogens is 178 g/mol. The molecule has 5 heteroatoms. The van der Waals surface area contributed by atoms with E-state index in [2.05, 4.69) is 21.9 Å². The first-order valence-electron chi connectivity index (χ1n) is 4.33. The van der Waals surface area contributed by atoms with Crippen LogP contribution in [0.2, 0.25) is 0 Å². The van der Waals surface area contributed by atoms with E-state index in [1.165, 1.54) is 0 Å². The molecule has 0 amide bonds. The predicted molar refractivity (Wildman–Crippen MR) is 57.5 cm³/mol. The first-order chi connectivity index (χ1) is 6.61. The molecule has 0 fully saturated rings. The van der Waals surface area contributed by atoms with Gasteiger partial charge in [0.25, 0.3) is 0 Å². The lowest BCUT2D eigenvalue weighted by Gasteiger charge is -2.18. The van der Waals surface area contributed by atoms with Crippen molar-refractivity contribution in [1.29, 1.82) is 0 Å². The van der Waals surface area contributed by atoms with Crippen molar-refractivity contribution in [3.8, 4) is 0 Å². The summed E-state index contributed by atoms with van der Waals surface area (Å²) in [7, 11) is 5.85. The lowest BCUT2D eigenvalue weighted by atomic mass is 10.4. The van der Waals surface area contributed by atoms with E-state index in [4.69, 9.17) is 0 Å². The Labute approximate surface area is 83.1 Å². The first-order valence-corrected chi connectivity index (χ1v) is 4.33. The first kappa shape index (κ1) is 8.80.